The molecule has 142 valence electrons. The van der Waals surface area contributed by atoms with Crippen LogP contribution in [0.1, 0.15) is 73.3 Å². The molecule has 0 saturated carbocycles. The third-order valence-corrected chi connectivity index (χ3v) is 3.46. The molecule has 1 aromatic carbocycles. The van der Waals surface area contributed by atoms with E-state index in [1.54, 1.807) is 0 Å². The normalized spacial score (nSPS) is 13.2. The number of rotatable bonds is 7. The van der Waals surface area contributed by atoms with E-state index in [1.807, 2.05) is 53.7 Å². The Morgan fingerprint density at radius 3 is 2.12 bits per heavy atom. The second kappa shape index (κ2) is 9.12. The van der Waals surface area contributed by atoms with E-state index >= 15 is 0 Å². The van der Waals surface area contributed by atoms with E-state index in [-0.39, 0.29) is 17.7 Å². The quantitative estimate of drug-likeness (QED) is 0.708. The molecule has 4 nitrogen and oxygen atoms in total. The van der Waals surface area contributed by atoms with Crippen molar-refractivity contribution in [2.24, 2.45) is 0 Å². The van der Waals surface area contributed by atoms with Gasteiger partial charge in [-0.3, -0.25) is 0 Å². The van der Waals surface area contributed by atoms with Gasteiger partial charge in [-0.1, -0.05) is 31.9 Å². The number of nitrogens with one attached hydrogen (secondary N) is 1. The molecule has 0 aliphatic rings. The molecule has 0 bridgehead atoms. The van der Waals surface area contributed by atoms with Gasteiger partial charge in [0.15, 0.2) is 0 Å². The van der Waals surface area contributed by atoms with Crippen molar-refractivity contribution in [2.75, 3.05) is 0 Å². The highest BCUT2D eigenvalue weighted by Gasteiger charge is 2.19. The van der Waals surface area contributed by atoms with Gasteiger partial charge in [0, 0.05) is 6.04 Å². The predicted octanol–water partition coefficient (Wildman–Crippen LogP) is 5.49. The van der Waals surface area contributed by atoms with Crippen LogP contribution in [0.5, 0.6) is 5.75 Å². The van der Waals surface area contributed by atoms with Crippen LogP contribution in [0.25, 0.3) is 0 Å². The molecule has 0 radical (unpaired) electrons. The van der Waals surface area contributed by atoms with Crippen molar-refractivity contribution in [3.8, 4) is 5.75 Å². The second-order valence-electron chi connectivity index (χ2n) is 8.55. The Bertz CT molecular complexity index is 524. The molecule has 0 heterocycles. The van der Waals surface area contributed by atoms with Gasteiger partial charge in [-0.05, 0) is 72.1 Å². The molecular formula is C21H35NO3. The van der Waals surface area contributed by atoms with Crippen LogP contribution in [0.15, 0.2) is 24.3 Å². The zero-order valence-corrected chi connectivity index (χ0v) is 16.9. The van der Waals surface area contributed by atoms with Crippen LogP contribution < -0.4 is 10.1 Å². The van der Waals surface area contributed by atoms with Crippen LogP contribution in [0.4, 0.5) is 4.79 Å². The van der Waals surface area contributed by atoms with E-state index in [1.165, 1.54) is 5.56 Å². The molecule has 25 heavy (non-hydrogen) atoms. The van der Waals surface area contributed by atoms with Crippen molar-refractivity contribution in [1.82, 2.24) is 5.32 Å². The highest BCUT2D eigenvalue weighted by molar-refractivity contribution is 5.68. The summed E-state index contributed by atoms with van der Waals surface area (Å²) in [6.45, 7) is 13.9. The molecule has 1 N–H and O–H groups in total. The maximum absolute atomic E-state index is 12.1. The minimum atomic E-state index is -0.481. The van der Waals surface area contributed by atoms with Crippen LogP contribution in [0.3, 0.4) is 0 Å². The Labute approximate surface area is 153 Å². The number of hydrogen-bond acceptors (Lipinski definition) is 3. The number of carbonyl (C=O) groups excluding carboxylic acids is 1. The van der Waals surface area contributed by atoms with Gasteiger partial charge in [0.2, 0.25) is 0 Å². The Morgan fingerprint density at radius 1 is 1.04 bits per heavy atom. The van der Waals surface area contributed by atoms with E-state index in [4.69, 9.17) is 9.47 Å². The summed E-state index contributed by atoms with van der Waals surface area (Å²) in [5.41, 5.74) is 0.493. The Kier molecular flexibility index (Phi) is 7.78. The molecule has 0 aliphatic heterocycles. The fraction of sp³-hybridized carbons (Fsp3) is 0.667. The van der Waals surface area contributed by atoms with Crippen molar-refractivity contribution in [2.45, 2.75) is 91.4 Å². The number of hydrogen-bond donors (Lipinski definition) is 1. The third-order valence-electron chi connectivity index (χ3n) is 3.46. The Hall–Kier alpha value is -1.71. The first-order chi connectivity index (χ1) is 11.5. The van der Waals surface area contributed by atoms with Crippen LogP contribution >= 0.6 is 0 Å². The van der Waals surface area contributed by atoms with Crippen LogP contribution in [0, 0.1) is 0 Å². The lowest BCUT2D eigenvalue weighted by Crippen LogP contribution is -2.40. The number of benzene rings is 1. The predicted molar refractivity (Wildman–Crippen MR) is 103 cm³/mol. The van der Waals surface area contributed by atoms with Gasteiger partial charge in [0.25, 0.3) is 0 Å². The van der Waals surface area contributed by atoms with E-state index in [2.05, 4.69) is 24.4 Å². The number of carbonyl (C=O) groups is 1. The number of alkyl carbamates (subject to hydrolysis) is 1. The van der Waals surface area contributed by atoms with Crippen LogP contribution in [-0.4, -0.2) is 23.3 Å². The number of ether oxygens (including phenoxy) is 2. The lowest BCUT2D eigenvalue weighted by molar-refractivity contribution is 0.0501. The topological polar surface area (TPSA) is 47.6 Å². The first-order valence-electron chi connectivity index (χ1n) is 9.26. The summed E-state index contributed by atoms with van der Waals surface area (Å²) < 4.78 is 11.2. The summed E-state index contributed by atoms with van der Waals surface area (Å²) >= 11 is 0. The molecule has 0 spiro atoms. The molecule has 0 aromatic heterocycles. The van der Waals surface area contributed by atoms with Gasteiger partial charge in [0.1, 0.15) is 17.0 Å². The van der Waals surface area contributed by atoms with E-state index < -0.39 is 5.60 Å². The van der Waals surface area contributed by atoms with Crippen LogP contribution in [-0.2, 0) is 11.2 Å². The van der Waals surface area contributed by atoms with Gasteiger partial charge in [-0.2, -0.15) is 0 Å². The van der Waals surface area contributed by atoms with Crippen LogP contribution in [0.2, 0.25) is 0 Å². The van der Waals surface area contributed by atoms with E-state index in [0.717, 1.165) is 31.4 Å². The van der Waals surface area contributed by atoms with Crippen molar-refractivity contribution < 1.29 is 14.3 Å². The maximum atomic E-state index is 12.1. The summed E-state index contributed by atoms with van der Waals surface area (Å²) in [4.78, 5) is 12.1. The molecule has 1 atom stereocenters. The summed E-state index contributed by atoms with van der Waals surface area (Å²) in [6.07, 6.45) is 3.56. The molecule has 0 unspecified atom stereocenters. The smallest absolute Gasteiger partial charge is 0.407 e. The third kappa shape index (κ3) is 10.0. The molecular weight excluding hydrogens is 314 g/mol. The zero-order valence-electron chi connectivity index (χ0n) is 16.9. The average Bonchev–Trinajstić information content (AvgIpc) is 2.43. The van der Waals surface area contributed by atoms with E-state index in [0.29, 0.717) is 0 Å². The van der Waals surface area contributed by atoms with Gasteiger partial charge in [-0.25, -0.2) is 4.79 Å². The van der Waals surface area contributed by atoms with Gasteiger partial charge in [-0.15, -0.1) is 0 Å². The summed E-state index contributed by atoms with van der Waals surface area (Å²) in [6, 6.07) is 8.19. The maximum Gasteiger partial charge on any atom is 0.407 e. The molecule has 1 aromatic rings. The molecule has 0 fully saturated rings. The molecule has 4 heteroatoms. The molecule has 0 saturated heterocycles. The fourth-order valence-electron chi connectivity index (χ4n) is 2.48. The minimum Gasteiger partial charge on any atom is -0.488 e. The van der Waals surface area contributed by atoms with Gasteiger partial charge < -0.3 is 14.8 Å². The second-order valence-corrected chi connectivity index (χ2v) is 8.55. The van der Waals surface area contributed by atoms with Gasteiger partial charge >= 0.3 is 6.09 Å². The lowest BCUT2D eigenvalue weighted by atomic mass is 10.0. The fourth-order valence-corrected chi connectivity index (χ4v) is 2.48. The monoisotopic (exact) mass is 349 g/mol. The number of amides is 1. The summed E-state index contributed by atoms with van der Waals surface area (Å²) in [7, 11) is 0. The van der Waals surface area contributed by atoms with Crippen molar-refractivity contribution >= 4 is 6.09 Å². The summed E-state index contributed by atoms with van der Waals surface area (Å²) in [5.74, 6) is 0.862. The highest BCUT2D eigenvalue weighted by Crippen LogP contribution is 2.20. The highest BCUT2D eigenvalue weighted by atomic mass is 16.6. The largest absolute Gasteiger partial charge is 0.488 e. The van der Waals surface area contributed by atoms with Crippen molar-refractivity contribution in [3.05, 3.63) is 29.8 Å². The first kappa shape index (κ1) is 21.3. The minimum absolute atomic E-state index is 0.0733. The zero-order chi connectivity index (χ0) is 19.1. The van der Waals surface area contributed by atoms with Gasteiger partial charge in [0.05, 0.1) is 0 Å². The SMILES string of the molecule is CCCC[C@H](Cc1ccc(OC(C)(C)C)cc1)NC(=O)OC(C)(C)C. The Balaban J connectivity index is 2.69. The first-order valence-corrected chi connectivity index (χ1v) is 9.26. The summed E-state index contributed by atoms with van der Waals surface area (Å²) in [5, 5.41) is 3.02. The van der Waals surface area contributed by atoms with Crippen molar-refractivity contribution in [1.29, 1.82) is 0 Å². The molecule has 0 aliphatic carbocycles. The molecule has 1 amide bonds. The lowest BCUT2D eigenvalue weighted by Gasteiger charge is -2.24. The van der Waals surface area contributed by atoms with E-state index in [9.17, 15) is 4.79 Å². The Morgan fingerprint density at radius 2 is 1.64 bits per heavy atom. The number of unbranched alkanes of at least 4 members (excludes halogenated alkanes) is 1. The standard InChI is InChI=1S/C21H35NO3/c1-8-9-10-17(22-19(23)25-21(5,6)7)15-16-11-13-18(14-12-16)24-20(2,3)4/h11-14,17H,8-10,15H2,1-7H3,(H,22,23)/t17-/m1/s1. The van der Waals surface area contributed by atoms with Crippen molar-refractivity contribution in [3.63, 3.8) is 0 Å². The molecule has 1 rings (SSSR count). The average molecular weight is 350 g/mol.